The van der Waals surface area contributed by atoms with Gasteiger partial charge in [0.2, 0.25) is 0 Å². The highest BCUT2D eigenvalue weighted by molar-refractivity contribution is 5.83. The van der Waals surface area contributed by atoms with Crippen molar-refractivity contribution in [2.24, 2.45) is 0 Å². The molecule has 2 nitrogen and oxygen atoms in total. The van der Waals surface area contributed by atoms with Gasteiger partial charge in [-0.25, -0.2) is 0 Å². The van der Waals surface area contributed by atoms with E-state index in [1.54, 1.807) is 0 Å². The minimum absolute atomic E-state index is 0.157. The molecule has 2 heteroatoms. The Morgan fingerprint density at radius 3 is 2.67 bits per heavy atom. The molecule has 1 fully saturated rings. The lowest BCUT2D eigenvalue weighted by molar-refractivity contribution is -0.125. The maximum absolute atomic E-state index is 12.0. The third-order valence-electron chi connectivity index (χ3n) is 3.84. The van der Waals surface area contributed by atoms with Crippen molar-refractivity contribution in [2.45, 2.75) is 52.1 Å². The predicted octanol–water partition coefficient (Wildman–Crippen LogP) is 3.33. The lowest BCUT2D eigenvalue weighted by Crippen LogP contribution is -2.43. The SMILES string of the molecule is CCC(=O)C1CCCCN1Cc1ccc(C)cc1. The van der Waals surface area contributed by atoms with Gasteiger partial charge >= 0.3 is 0 Å². The number of hydrogen-bond donors (Lipinski definition) is 0. The van der Waals surface area contributed by atoms with Crippen LogP contribution in [0.15, 0.2) is 24.3 Å². The fourth-order valence-electron chi connectivity index (χ4n) is 2.71. The maximum atomic E-state index is 12.0. The molecule has 1 aliphatic heterocycles. The van der Waals surface area contributed by atoms with Crippen LogP contribution in [0.1, 0.15) is 43.7 Å². The first-order chi connectivity index (χ1) is 8.70. The molecular formula is C16H23NO. The van der Waals surface area contributed by atoms with Gasteiger partial charge in [0.25, 0.3) is 0 Å². The van der Waals surface area contributed by atoms with Crippen molar-refractivity contribution in [1.82, 2.24) is 4.90 Å². The third kappa shape index (κ3) is 3.20. The van der Waals surface area contributed by atoms with Gasteiger partial charge in [0.05, 0.1) is 6.04 Å². The smallest absolute Gasteiger partial charge is 0.149 e. The van der Waals surface area contributed by atoms with E-state index in [1.807, 2.05) is 6.92 Å². The van der Waals surface area contributed by atoms with E-state index >= 15 is 0 Å². The van der Waals surface area contributed by atoms with Crippen LogP contribution in [0.2, 0.25) is 0 Å². The first-order valence-corrected chi connectivity index (χ1v) is 7.03. The number of Topliss-reactive ketones (excluding diaryl/α,β-unsaturated/α-hetero) is 1. The Bertz CT molecular complexity index is 396. The van der Waals surface area contributed by atoms with Crippen LogP contribution >= 0.6 is 0 Å². The Morgan fingerprint density at radius 1 is 1.28 bits per heavy atom. The first kappa shape index (κ1) is 13.3. The second-order valence-electron chi connectivity index (χ2n) is 5.29. The van der Waals surface area contributed by atoms with Crippen LogP contribution in [0.25, 0.3) is 0 Å². The lowest BCUT2D eigenvalue weighted by atomic mass is 9.96. The summed E-state index contributed by atoms with van der Waals surface area (Å²) in [6.45, 7) is 6.05. The molecule has 0 N–H and O–H groups in total. The van der Waals surface area contributed by atoms with Crippen LogP contribution in [0.5, 0.6) is 0 Å². The molecule has 0 aliphatic carbocycles. The van der Waals surface area contributed by atoms with Gasteiger partial charge in [-0.15, -0.1) is 0 Å². The van der Waals surface area contributed by atoms with Crippen molar-refractivity contribution in [1.29, 1.82) is 0 Å². The largest absolute Gasteiger partial charge is 0.298 e. The number of hydrogen-bond acceptors (Lipinski definition) is 2. The molecule has 98 valence electrons. The van der Waals surface area contributed by atoms with Crippen LogP contribution in [-0.2, 0) is 11.3 Å². The molecule has 1 aliphatic rings. The lowest BCUT2D eigenvalue weighted by Gasteiger charge is -2.34. The van der Waals surface area contributed by atoms with Gasteiger partial charge in [-0.1, -0.05) is 43.2 Å². The molecular weight excluding hydrogens is 222 g/mol. The molecule has 0 amide bonds. The predicted molar refractivity (Wildman–Crippen MR) is 74.5 cm³/mol. The number of rotatable bonds is 4. The third-order valence-corrected chi connectivity index (χ3v) is 3.84. The number of benzene rings is 1. The number of piperidine rings is 1. The van der Waals surface area contributed by atoms with Gasteiger partial charge < -0.3 is 0 Å². The van der Waals surface area contributed by atoms with Gasteiger partial charge in [-0.2, -0.15) is 0 Å². The molecule has 1 heterocycles. The summed E-state index contributed by atoms with van der Waals surface area (Å²) >= 11 is 0. The summed E-state index contributed by atoms with van der Waals surface area (Å²) in [5, 5.41) is 0. The van der Waals surface area contributed by atoms with Gasteiger partial charge in [0.1, 0.15) is 5.78 Å². The fraction of sp³-hybridized carbons (Fsp3) is 0.562. The molecule has 1 atom stereocenters. The molecule has 0 aromatic heterocycles. The highest BCUT2D eigenvalue weighted by Crippen LogP contribution is 2.21. The summed E-state index contributed by atoms with van der Waals surface area (Å²) in [4.78, 5) is 14.3. The molecule has 2 rings (SSSR count). The van der Waals surface area contributed by atoms with Crippen LogP contribution in [0.3, 0.4) is 0 Å². The number of carbonyl (C=O) groups is 1. The molecule has 0 spiro atoms. The zero-order valence-electron chi connectivity index (χ0n) is 11.5. The highest BCUT2D eigenvalue weighted by atomic mass is 16.1. The van der Waals surface area contributed by atoms with Crippen LogP contribution in [0.4, 0.5) is 0 Å². The zero-order valence-corrected chi connectivity index (χ0v) is 11.5. The van der Waals surface area contributed by atoms with E-state index in [-0.39, 0.29) is 6.04 Å². The normalized spacial score (nSPS) is 20.9. The van der Waals surface area contributed by atoms with E-state index in [9.17, 15) is 4.79 Å². The summed E-state index contributed by atoms with van der Waals surface area (Å²) in [7, 11) is 0. The molecule has 1 aromatic rings. The van der Waals surface area contributed by atoms with Gasteiger partial charge in [-0.3, -0.25) is 9.69 Å². The van der Waals surface area contributed by atoms with Crippen molar-refractivity contribution in [3.05, 3.63) is 35.4 Å². The van der Waals surface area contributed by atoms with Gasteiger partial charge in [-0.05, 0) is 31.9 Å². The minimum atomic E-state index is 0.157. The highest BCUT2D eigenvalue weighted by Gasteiger charge is 2.27. The Balaban J connectivity index is 2.05. The molecule has 0 saturated carbocycles. The van der Waals surface area contributed by atoms with E-state index < -0.39 is 0 Å². The van der Waals surface area contributed by atoms with Crippen LogP contribution in [0, 0.1) is 6.92 Å². The summed E-state index contributed by atoms with van der Waals surface area (Å²) in [6, 6.07) is 8.81. The van der Waals surface area contributed by atoms with Crippen molar-refractivity contribution >= 4 is 5.78 Å². The molecule has 0 bridgehead atoms. The maximum Gasteiger partial charge on any atom is 0.149 e. The Labute approximate surface area is 110 Å². The molecule has 1 unspecified atom stereocenters. The average Bonchev–Trinajstić information content (AvgIpc) is 2.41. The topological polar surface area (TPSA) is 20.3 Å². The number of carbonyl (C=O) groups excluding carboxylic acids is 1. The van der Waals surface area contributed by atoms with E-state index in [1.165, 1.54) is 24.0 Å². The van der Waals surface area contributed by atoms with E-state index in [2.05, 4.69) is 36.1 Å². The summed E-state index contributed by atoms with van der Waals surface area (Å²) in [5.74, 6) is 0.404. The monoisotopic (exact) mass is 245 g/mol. The van der Waals surface area contributed by atoms with E-state index in [4.69, 9.17) is 0 Å². The average molecular weight is 245 g/mol. The molecule has 18 heavy (non-hydrogen) atoms. The van der Waals surface area contributed by atoms with Crippen molar-refractivity contribution in [2.75, 3.05) is 6.54 Å². The molecule has 1 saturated heterocycles. The first-order valence-electron chi connectivity index (χ1n) is 7.03. The summed E-state index contributed by atoms with van der Waals surface area (Å²) in [6.07, 6.45) is 4.12. The van der Waals surface area contributed by atoms with E-state index in [0.717, 1.165) is 19.5 Å². The Morgan fingerprint density at radius 2 is 2.00 bits per heavy atom. The second kappa shape index (κ2) is 6.14. The Hall–Kier alpha value is -1.15. The van der Waals surface area contributed by atoms with Crippen molar-refractivity contribution in [3.8, 4) is 0 Å². The summed E-state index contributed by atoms with van der Waals surface area (Å²) in [5.41, 5.74) is 2.61. The van der Waals surface area contributed by atoms with Crippen LogP contribution in [-0.4, -0.2) is 23.3 Å². The summed E-state index contributed by atoms with van der Waals surface area (Å²) < 4.78 is 0. The minimum Gasteiger partial charge on any atom is -0.298 e. The van der Waals surface area contributed by atoms with Crippen molar-refractivity contribution < 1.29 is 4.79 Å². The Kier molecular flexibility index (Phi) is 4.54. The molecule has 1 aromatic carbocycles. The van der Waals surface area contributed by atoms with Gasteiger partial charge in [0.15, 0.2) is 0 Å². The van der Waals surface area contributed by atoms with Crippen LogP contribution < -0.4 is 0 Å². The fourth-order valence-corrected chi connectivity index (χ4v) is 2.71. The second-order valence-corrected chi connectivity index (χ2v) is 5.29. The number of nitrogens with zero attached hydrogens (tertiary/aromatic N) is 1. The zero-order chi connectivity index (χ0) is 13.0. The van der Waals surface area contributed by atoms with Gasteiger partial charge in [0, 0.05) is 13.0 Å². The van der Waals surface area contributed by atoms with E-state index in [0.29, 0.717) is 12.2 Å². The number of likely N-dealkylation sites (tertiary alicyclic amines) is 1. The number of aryl methyl sites for hydroxylation is 1. The quantitative estimate of drug-likeness (QED) is 0.811. The van der Waals surface area contributed by atoms with Crippen molar-refractivity contribution in [3.63, 3.8) is 0 Å². The number of ketones is 1. The standard InChI is InChI=1S/C16H23NO/c1-3-16(18)15-6-4-5-11-17(15)12-14-9-7-13(2)8-10-14/h7-10,15H,3-6,11-12H2,1-2H3. The molecule has 0 radical (unpaired) electrons.